The molecular formula is C12H23NO3. The quantitative estimate of drug-likeness (QED) is 0.797. The average Bonchev–Trinajstić information content (AvgIpc) is 2.27. The third kappa shape index (κ3) is 2.38. The van der Waals surface area contributed by atoms with E-state index >= 15 is 0 Å². The lowest BCUT2D eigenvalue weighted by atomic mass is 9.92. The zero-order valence-corrected chi connectivity index (χ0v) is 10.7. The largest absolute Gasteiger partial charge is 0.480 e. The molecule has 4 nitrogen and oxygen atoms in total. The van der Waals surface area contributed by atoms with Crippen molar-refractivity contribution in [1.29, 1.82) is 0 Å². The number of rotatable bonds is 4. The van der Waals surface area contributed by atoms with Crippen LogP contribution in [-0.4, -0.2) is 46.8 Å². The summed E-state index contributed by atoms with van der Waals surface area (Å²) in [6.45, 7) is 9.17. The molecule has 4 heteroatoms. The molecule has 0 aromatic carbocycles. The van der Waals surface area contributed by atoms with Gasteiger partial charge >= 0.3 is 5.97 Å². The van der Waals surface area contributed by atoms with Crippen LogP contribution in [-0.2, 0) is 9.53 Å². The Hall–Kier alpha value is -0.610. The van der Waals surface area contributed by atoms with Crippen molar-refractivity contribution in [3.8, 4) is 0 Å². The van der Waals surface area contributed by atoms with Crippen molar-refractivity contribution >= 4 is 5.97 Å². The highest BCUT2D eigenvalue weighted by molar-refractivity contribution is 5.78. The molecule has 0 aromatic heterocycles. The van der Waals surface area contributed by atoms with Gasteiger partial charge in [0.2, 0.25) is 0 Å². The molecule has 1 rings (SSSR count). The first-order chi connectivity index (χ1) is 7.45. The number of nitrogens with zero attached hydrogens (tertiary/aromatic N) is 1. The van der Waals surface area contributed by atoms with E-state index in [0.29, 0.717) is 19.6 Å². The Morgan fingerprint density at radius 2 is 2.19 bits per heavy atom. The summed E-state index contributed by atoms with van der Waals surface area (Å²) >= 11 is 0. The molecule has 0 saturated carbocycles. The maximum absolute atomic E-state index is 11.4. The number of carbonyl (C=O) groups is 1. The van der Waals surface area contributed by atoms with Gasteiger partial charge in [0.1, 0.15) is 5.54 Å². The molecule has 16 heavy (non-hydrogen) atoms. The Bertz CT molecular complexity index is 257. The topological polar surface area (TPSA) is 49.8 Å². The van der Waals surface area contributed by atoms with Crippen molar-refractivity contribution in [2.24, 2.45) is 0 Å². The second kappa shape index (κ2) is 5.15. The Balaban J connectivity index is 2.91. The van der Waals surface area contributed by atoms with Crippen molar-refractivity contribution in [3.63, 3.8) is 0 Å². The number of hydrogen-bond donors (Lipinski definition) is 1. The highest BCUT2D eigenvalue weighted by Gasteiger charge is 2.43. The molecular weight excluding hydrogens is 206 g/mol. The maximum atomic E-state index is 11.4. The lowest BCUT2D eigenvalue weighted by Gasteiger charge is -2.46. The molecule has 0 spiro atoms. The van der Waals surface area contributed by atoms with Crippen LogP contribution in [0.15, 0.2) is 0 Å². The highest BCUT2D eigenvalue weighted by Crippen LogP contribution is 2.27. The van der Waals surface area contributed by atoms with Crippen LogP contribution in [0.4, 0.5) is 0 Å². The maximum Gasteiger partial charge on any atom is 0.323 e. The molecule has 0 radical (unpaired) electrons. The van der Waals surface area contributed by atoms with Gasteiger partial charge in [-0.3, -0.25) is 9.69 Å². The molecule has 0 bridgehead atoms. The molecule has 1 fully saturated rings. The summed E-state index contributed by atoms with van der Waals surface area (Å²) in [4.78, 5) is 13.5. The molecule has 1 saturated heterocycles. The van der Waals surface area contributed by atoms with E-state index in [2.05, 4.69) is 11.8 Å². The van der Waals surface area contributed by atoms with E-state index in [1.165, 1.54) is 0 Å². The average molecular weight is 229 g/mol. The third-order valence-electron chi connectivity index (χ3n) is 3.72. The number of hydrogen-bond acceptors (Lipinski definition) is 3. The van der Waals surface area contributed by atoms with Crippen LogP contribution in [0.5, 0.6) is 0 Å². The van der Waals surface area contributed by atoms with Crippen LogP contribution < -0.4 is 0 Å². The summed E-state index contributed by atoms with van der Waals surface area (Å²) < 4.78 is 5.60. The zero-order valence-electron chi connectivity index (χ0n) is 10.7. The second-order valence-corrected chi connectivity index (χ2v) is 4.79. The van der Waals surface area contributed by atoms with Crippen LogP contribution in [0.25, 0.3) is 0 Å². The third-order valence-corrected chi connectivity index (χ3v) is 3.72. The minimum atomic E-state index is -0.765. The standard InChI is InChI=1S/C12H23NO3/c1-5-10-8-16-9(3)7-13(10)12(4,6-2)11(14)15/h9-10H,5-8H2,1-4H3,(H,14,15). The van der Waals surface area contributed by atoms with Crippen LogP contribution in [0.1, 0.15) is 40.5 Å². The lowest BCUT2D eigenvalue weighted by molar-refractivity contribution is -0.162. The summed E-state index contributed by atoms with van der Waals surface area (Å²) in [6.07, 6.45) is 1.66. The van der Waals surface area contributed by atoms with Gasteiger partial charge < -0.3 is 9.84 Å². The molecule has 3 unspecified atom stereocenters. The monoisotopic (exact) mass is 229 g/mol. The minimum Gasteiger partial charge on any atom is -0.480 e. The van der Waals surface area contributed by atoms with Crippen LogP contribution in [0.3, 0.4) is 0 Å². The Morgan fingerprint density at radius 3 is 2.62 bits per heavy atom. The van der Waals surface area contributed by atoms with Gasteiger partial charge in [-0.1, -0.05) is 13.8 Å². The number of ether oxygens (including phenoxy) is 1. The predicted octanol–water partition coefficient (Wildman–Crippen LogP) is 1.74. The van der Waals surface area contributed by atoms with E-state index in [9.17, 15) is 9.90 Å². The molecule has 1 aliphatic heterocycles. The van der Waals surface area contributed by atoms with Gasteiger partial charge in [0, 0.05) is 12.6 Å². The fourth-order valence-electron chi connectivity index (χ4n) is 2.26. The van der Waals surface area contributed by atoms with Crippen LogP contribution in [0.2, 0.25) is 0 Å². The Kier molecular flexibility index (Phi) is 4.33. The van der Waals surface area contributed by atoms with Crippen molar-refractivity contribution < 1.29 is 14.6 Å². The van der Waals surface area contributed by atoms with Gasteiger partial charge in [0.25, 0.3) is 0 Å². The Morgan fingerprint density at radius 1 is 1.56 bits per heavy atom. The van der Waals surface area contributed by atoms with Gasteiger partial charge in [0.05, 0.1) is 12.7 Å². The van der Waals surface area contributed by atoms with E-state index in [4.69, 9.17) is 4.74 Å². The fourth-order valence-corrected chi connectivity index (χ4v) is 2.26. The summed E-state index contributed by atoms with van der Waals surface area (Å²) in [5.74, 6) is -0.734. The summed E-state index contributed by atoms with van der Waals surface area (Å²) in [6, 6.07) is 0.220. The first-order valence-electron chi connectivity index (χ1n) is 6.07. The number of morpholine rings is 1. The van der Waals surface area contributed by atoms with Crippen molar-refractivity contribution in [3.05, 3.63) is 0 Å². The van der Waals surface area contributed by atoms with E-state index in [1.807, 2.05) is 20.8 Å². The second-order valence-electron chi connectivity index (χ2n) is 4.79. The van der Waals surface area contributed by atoms with Crippen molar-refractivity contribution in [2.45, 2.75) is 58.2 Å². The summed E-state index contributed by atoms with van der Waals surface area (Å²) in [5, 5.41) is 9.40. The molecule has 3 atom stereocenters. The lowest BCUT2D eigenvalue weighted by Crippen LogP contribution is -2.61. The van der Waals surface area contributed by atoms with Gasteiger partial charge in [-0.25, -0.2) is 0 Å². The number of aliphatic carboxylic acids is 1. The highest BCUT2D eigenvalue weighted by atomic mass is 16.5. The fraction of sp³-hybridized carbons (Fsp3) is 0.917. The van der Waals surface area contributed by atoms with E-state index in [-0.39, 0.29) is 12.1 Å². The van der Waals surface area contributed by atoms with Gasteiger partial charge in [-0.05, 0) is 26.7 Å². The molecule has 1 aliphatic rings. The SMILES string of the molecule is CCC1COC(C)CN1C(C)(CC)C(=O)O. The summed E-state index contributed by atoms with van der Waals surface area (Å²) in [5.41, 5.74) is -0.765. The van der Waals surface area contributed by atoms with Crippen molar-refractivity contribution in [1.82, 2.24) is 4.90 Å². The van der Waals surface area contributed by atoms with Crippen LogP contribution in [0, 0.1) is 0 Å². The first-order valence-corrected chi connectivity index (χ1v) is 6.07. The minimum absolute atomic E-state index is 0.119. The zero-order chi connectivity index (χ0) is 12.3. The van der Waals surface area contributed by atoms with Gasteiger partial charge in [0.15, 0.2) is 0 Å². The molecule has 1 N–H and O–H groups in total. The van der Waals surface area contributed by atoms with Gasteiger partial charge in [-0.2, -0.15) is 0 Å². The van der Waals surface area contributed by atoms with E-state index < -0.39 is 11.5 Å². The van der Waals surface area contributed by atoms with Gasteiger partial charge in [-0.15, -0.1) is 0 Å². The molecule has 1 heterocycles. The first kappa shape index (κ1) is 13.5. The smallest absolute Gasteiger partial charge is 0.323 e. The number of carboxylic acid groups (broad SMARTS) is 1. The van der Waals surface area contributed by atoms with E-state index in [0.717, 1.165) is 6.42 Å². The molecule has 94 valence electrons. The normalized spacial score (nSPS) is 31.0. The van der Waals surface area contributed by atoms with Crippen LogP contribution >= 0.6 is 0 Å². The molecule has 0 amide bonds. The van der Waals surface area contributed by atoms with Crippen molar-refractivity contribution in [2.75, 3.05) is 13.2 Å². The predicted molar refractivity (Wildman–Crippen MR) is 62.5 cm³/mol. The molecule has 0 aromatic rings. The Labute approximate surface area is 97.6 Å². The molecule has 0 aliphatic carbocycles. The van der Waals surface area contributed by atoms with E-state index in [1.54, 1.807) is 0 Å². The summed E-state index contributed by atoms with van der Waals surface area (Å²) in [7, 11) is 0. The number of carboxylic acids is 1.